The molecule has 2 nitrogen and oxygen atoms in total. The predicted molar refractivity (Wildman–Crippen MR) is 71.3 cm³/mol. The summed E-state index contributed by atoms with van der Waals surface area (Å²) >= 11 is 13.6. The number of aliphatic imine (C=N–C) groups is 1. The van der Waals surface area contributed by atoms with Crippen LogP contribution in [0.1, 0.15) is 0 Å². The first-order valence-electron chi connectivity index (χ1n) is 3.29. The number of benzene rings is 1. The molecule has 0 unspecified atom stereocenters. The van der Waals surface area contributed by atoms with E-state index in [0.717, 1.165) is 17.9 Å². The summed E-state index contributed by atoms with van der Waals surface area (Å²) in [4.78, 5) is 11.8. The smallest absolute Gasteiger partial charge is 0.211 e. The van der Waals surface area contributed by atoms with E-state index < -0.39 is 0 Å². The third kappa shape index (κ3) is 4.84. The molecule has 0 aliphatic rings. The molecule has 0 atom stereocenters. The molecular formula is C8H5Br4NO. The normalized spacial score (nSPS) is 8.36. The molecule has 1 aromatic rings. The van der Waals surface area contributed by atoms with E-state index in [-0.39, 0.29) is 0 Å². The summed E-state index contributed by atoms with van der Waals surface area (Å²) in [6.45, 7) is 0. The Balaban J connectivity index is 0.000000364. The highest BCUT2D eigenvalue weighted by atomic mass is 79.9. The van der Waals surface area contributed by atoms with Crippen molar-refractivity contribution in [2.45, 2.75) is 0 Å². The van der Waals surface area contributed by atoms with Crippen molar-refractivity contribution in [2.75, 3.05) is 7.05 Å². The van der Waals surface area contributed by atoms with Gasteiger partial charge in [0, 0.05) is 24.9 Å². The molecule has 0 aliphatic carbocycles. The minimum atomic E-state index is 1.03. The number of nitrogens with zero attached hydrogens (tertiary/aromatic N) is 1. The molecule has 14 heavy (non-hydrogen) atoms. The first-order valence-corrected chi connectivity index (χ1v) is 6.46. The van der Waals surface area contributed by atoms with Crippen molar-refractivity contribution in [3.05, 3.63) is 30.0 Å². The molecule has 0 heterocycles. The Morgan fingerprint density at radius 3 is 1.57 bits per heavy atom. The molecule has 0 saturated carbocycles. The molecule has 0 radical (unpaired) electrons. The van der Waals surface area contributed by atoms with E-state index in [4.69, 9.17) is 4.79 Å². The Hall–Kier alpha value is 0.520. The van der Waals surface area contributed by atoms with Crippen LogP contribution in [0.4, 0.5) is 0 Å². The van der Waals surface area contributed by atoms with Crippen LogP contribution in [0.5, 0.6) is 0 Å². The average molecular weight is 451 g/mol. The van der Waals surface area contributed by atoms with Gasteiger partial charge < -0.3 is 0 Å². The van der Waals surface area contributed by atoms with Crippen LogP contribution in [0.25, 0.3) is 0 Å². The number of isocyanates is 1. The molecule has 0 amide bonds. The first kappa shape index (κ1) is 14.5. The van der Waals surface area contributed by atoms with Crippen LogP contribution in [0, 0.1) is 0 Å². The lowest BCUT2D eigenvalue weighted by Gasteiger charge is -2.00. The summed E-state index contributed by atoms with van der Waals surface area (Å²) < 4.78 is 4.15. The van der Waals surface area contributed by atoms with Crippen molar-refractivity contribution >= 4 is 69.8 Å². The van der Waals surface area contributed by atoms with Crippen LogP contribution in [0.2, 0.25) is 0 Å². The van der Waals surface area contributed by atoms with Gasteiger partial charge >= 0.3 is 0 Å². The molecule has 0 N–H and O–H groups in total. The van der Waals surface area contributed by atoms with E-state index in [9.17, 15) is 0 Å². The molecule has 1 rings (SSSR count). The maximum absolute atomic E-state index is 8.88. The molecule has 76 valence electrons. The van der Waals surface area contributed by atoms with Gasteiger partial charge in [-0.25, -0.2) is 9.79 Å². The largest absolute Gasteiger partial charge is 0.234 e. The van der Waals surface area contributed by atoms with Crippen molar-refractivity contribution in [3.63, 3.8) is 0 Å². The Bertz CT molecular complexity index is 334. The Morgan fingerprint density at radius 1 is 1.07 bits per heavy atom. The van der Waals surface area contributed by atoms with Gasteiger partial charge in [-0.2, -0.15) is 0 Å². The molecule has 0 aliphatic heterocycles. The van der Waals surface area contributed by atoms with Crippen LogP contribution in [-0.4, -0.2) is 13.1 Å². The highest BCUT2D eigenvalue weighted by Gasteiger charge is 2.03. The minimum absolute atomic E-state index is 1.03. The summed E-state index contributed by atoms with van der Waals surface area (Å²) in [5.41, 5.74) is 0. The zero-order valence-corrected chi connectivity index (χ0v) is 13.4. The van der Waals surface area contributed by atoms with Crippen LogP contribution < -0.4 is 0 Å². The molecule has 0 saturated heterocycles. The lowest BCUT2D eigenvalue weighted by atomic mass is 10.4. The molecule has 1 aromatic carbocycles. The molecule has 0 fully saturated rings. The summed E-state index contributed by atoms with van der Waals surface area (Å²) in [5.74, 6) is 0. The van der Waals surface area contributed by atoms with Crippen LogP contribution in [-0.2, 0) is 4.79 Å². The van der Waals surface area contributed by atoms with Crippen molar-refractivity contribution < 1.29 is 4.79 Å². The number of rotatable bonds is 0. The summed E-state index contributed by atoms with van der Waals surface area (Å²) in [6, 6.07) is 3.94. The van der Waals surface area contributed by atoms with Gasteiger partial charge in [-0.05, 0) is 75.9 Å². The van der Waals surface area contributed by atoms with Gasteiger partial charge in [-0.15, -0.1) is 0 Å². The zero-order chi connectivity index (χ0) is 11.1. The van der Waals surface area contributed by atoms with Gasteiger partial charge in [-0.3, -0.25) is 0 Å². The highest BCUT2D eigenvalue weighted by Crippen LogP contribution is 2.35. The molecule has 6 heteroatoms. The quantitative estimate of drug-likeness (QED) is 0.244. The number of carbonyl (C=O) groups excluding carboxylic acids is 1. The molecule has 0 aromatic heterocycles. The summed E-state index contributed by atoms with van der Waals surface area (Å²) in [7, 11) is 1.38. The van der Waals surface area contributed by atoms with Crippen molar-refractivity contribution in [3.8, 4) is 0 Å². The van der Waals surface area contributed by atoms with Gasteiger partial charge in [-0.1, -0.05) is 0 Å². The predicted octanol–water partition coefficient (Wildman–Crippen LogP) is 4.69. The van der Waals surface area contributed by atoms with Crippen LogP contribution in [0.15, 0.2) is 35.0 Å². The number of hydrogen-bond donors (Lipinski definition) is 0. The van der Waals surface area contributed by atoms with Crippen molar-refractivity contribution in [2.24, 2.45) is 4.99 Å². The lowest BCUT2D eigenvalue weighted by molar-refractivity contribution is 0.564. The molecule has 0 bridgehead atoms. The minimum Gasteiger partial charge on any atom is -0.211 e. The van der Waals surface area contributed by atoms with E-state index in [0.29, 0.717) is 0 Å². The summed E-state index contributed by atoms with van der Waals surface area (Å²) in [5, 5.41) is 0. The van der Waals surface area contributed by atoms with Gasteiger partial charge in [0.05, 0.1) is 0 Å². The van der Waals surface area contributed by atoms with E-state index in [1.54, 1.807) is 0 Å². The summed E-state index contributed by atoms with van der Waals surface area (Å²) in [6.07, 6.45) is 1.31. The third-order valence-electron chi connectivity index (χ3n) is 1.08. The second-order valence-electron chi connectivity index (χ2n) is 1.97. The van der Waals surface area contributed by atoms with Crippen LogP contribution in [0.3, 0.4) is 0 Å². The zero-order valence-electron chi connectivity index (χ0n) is 7.02. The van der Waals surface area contributed by atoms with E-state index >= 15 is 0 Å². The number of hydrogen-bond acceptors (Lipinski definition) is 2. The second-order valence-corrected chi connectivity index (χ2v) is 5.27. The fraction of sp³-hybridized carbons (Fsp3) is 0.125. The fourth-order valence-electron chi connectivity index (χ4n) is 0.502. The van der Waals surface area contributed by atoms with Gasteiger partial charge in [0.15, 0.2) is 0 Å². The number of halogens is 4. The molecule has 0 spiro atoms. The average Bonchev–Trinajstić information content (AvgIpc) is 2.21. The third-order valence-corrected chi connectivity index (χ3v) is 5.64. The van der Waals surface area contributed by atoms with Gasteiger partial charge in [0.1, 0.15) is 0 Å². The topological polar surface area (TPSA) is 29.4 Å². The first-order chi connectivity index (χ1) is 6.54. The van der Waals surface area contributed by atoms with Crippen LogP contribution >= 0.6 is 63.7 Å². The van der Waals surface area contributed by atoms with E-state index in [2.05, 4.69) is 68.7 Å². The van der Waals surface area contributed by atoms with Crippen molar-refractivity contribution in [1.82, 2.24) is 0 Å². The van der Waals surface area contributed by atoms with Gasteiger partial charge in [0.2, 0.25) is 6.08 Å². The maximum atomic E-state index is 8.88. The Morgan fingerprint density at radius 2 is 1.36 bits per heavy atom. The molecular weight excluding hydrogens is 446 g/mol. The van der Waals surface area contributed by atoms with Gasteiger partial charge in [0.25, 0.3) is 0 Å². The Kier molecular flexibility index (Phi) is 8.05. The lowest BCUT2D eigenvalue weighted by Crippen LogP contribution is -1.73. The second kappa shape index (κ2) is 7.77. The Labute approximate surface area is 116 Å². The highest BCUT2D eigenvalue weighted by molar-refractivity contribution is 9.15. The standard InChI is InChI=1S/C6H2Br4.C2H3NO/c7-3-1-2-4(8)6(10)5(3)9;1-3-2-4/h1-2H;1H3. The SMILES string of the molecule is Brc1ccc(Br)c(Br)c1Br.CN=C=O. The van der Waals surface area contributed by atoms with E-state index in [1.807, 2.05) is 12.1 Å². The monoisotopic (exact) mass is 447 g/mol. The fourth-order valence-corrected chi connectivity index (χ4v) is 2.39. The maximum Gasteiger partial charge on any atom is 0.234 e. The van der Waals surface area contributed by atoms with E-state index in [1.165, 1.54) is 13.1 Å². The van der Waals surface area contributed by atoms with Crippen molar-refractivity contribution in [1.29, 1.82) is 0 Å².